The van der Waals surface area contributed by atoms with E-state index in [0.29, 0.717) is 25.1 Å². The standard InChI is InChI=1S/C20H29NO6/c1-13-14(2)18(27-19(23)16-8-5-4-6-9-16)20(24-11-7-10-21)26-17(13)12-25-15(3)22/h4-6,8-9,13-14,17-18,20H,7,10-12,21H2,1-3H3/t13-,14-,17?,18?,20-/m0/s1. The van der Waals surface area contributed by atoms with Gasteiger partial charge in [0.25, 0.3) is 0 Å². The summed E-state index contributed by atoms with van der Waals surface area (Å²) in [6.07, 6.45) is -0.980. The second-order valence-electron chi connectivity index (χ2n) is 6.81. The highest BCUT2D eigenvalue weighted by Gasteiger charge is 2.44. The minimum atomic E-state index is -0.740. The zero-order valence-electron chi connectivity index (χ0n) is 16.1. The summed E-state index contributed by atoms with van der Waals surface area (Å²) in [4.78, 5) is 23.7. The summed E-state index contributed by atoms with van der Waals surface area (Å²) in [5.41, 5.74) is 6.00. The SMILES string of the molecule is CC(=O)OCC1O[C@H](OCCCN)C(OC(=O)c2ccccc2)[C@@H](C)[C@@H]1C. The van der Waals surface area contributed by atoms with Crippen LogP contribution in [0.4, 0.5) is 0 Å². The number of ether oxygens (including phenoxy) is 4. The number of hydrogen-bond acceptors (Lipinski definition) is 7. The van der Waals surface area contributed by atoms with Crippen LogP contribution < -0.4 is 5.73 Å². The van der Waals surface area contributed by atoms with Crippen LogP contribution in [0, 0.1) is 11.8 Å². The fraction of sp³-hybridized carbons (Fsp3) is 0.600. The average molecular weight is 379 g/mol. The molecule has 1 heterocycles. The van der Waals surface area contributed by atoms with Crippen molar-refractivity contribution in [2.45, 2.75) is 45.7 Å². The molecule has 150 valence electrons. The lowest BCUT2D eigenvalue weighted by atomic mass is 9.83. The first-order valence-electron chi connectivity index (χ1n) is 9.30. The van der Waals surface area contributed by atoms with Gasteiger partial charge in [-0.15, -0.1) is 0 Å². The summed E-state index contributed by atoms with van der Waals surface area (Å²) in [7, 11) is 0. The van der Waals surface area contributed by atoms with Crippen molar-refractivity contribution in [3.8, 4) is 0 Å². The van der Waals surface area contributed by atoms with Crippen molar-refractivity contribution in [2.75, 3.05) is 19.8 Å². The van der Waals surface area contributed by atoms with Gasteiger partial charge in [-0.05, 0) is 31.0 Å². The molecule has 1 aliphatic rings. The summed E-state index contributed by atoms with van der Waals surface area (Å²) in [5.74, 6) is -0.826. The van der Waals surface area contributed by atoms with Gasteiger partial charge in [0, 0.05) is 12.8 Å². The fourth-order valence-electron chi connectivity index (χ4n) is 3.00. The van der Waals surface area contributed by atoms with Crippen molar-refractivity contribution in [3.63, 3.8) is 0 Å². The second-order valence-corrected chi connectivity index (χ2v) is 6.81. The summed E-state index contributed by atoms with van der Waals surface area (Å²) in [5, 5.41) is 0. The summed E-state index contributed by atoms with van der Waals surface area (Å²) in [6, 6.07) is 8.81. The van der Waals surface area contributed by atoms with Crippen molar-refractivity contribution in [3.05, 3.63) is 35.9 Å². The molecule has 27 heavy (non-hydrogen) atoms. The number of nitrogens with two attached hydrogens (primary N) is 1. The van der Waals surface area contributed by atoms with Crippen LogP contribution in [-0.4, -0.2) is 50.2 Å². The van der Waals surface area contributed by atoms with E-state index in [-0.39, 0.29) is 30.5 Å². The molecule has 0 spiro atoms. The minimum absolute atomic E-state index is 0.00674. The molecule has 1 saturated heterocycles. The summed E-state index contributed by atoms with van der Waals surface area (Å²) < 4.78 is 22.7. The van der Waals surface area contributed by atoms with Gasteiger partial charge < -0.3 is 24.7 Å². The van der Waals surface area contributed by atoms with Crippen LogP contribution in [0.15, 0.2) is 30.3 Å². The van der Waals surface area contributed by atoms with Gasteiger partial charge in [0.2, 0.25) is 0 Å². The van der Waals surface area contributed by atoms with Crippen molar-refractivity contribution >= 4 is 11.9 Å². The second kappa shape index (κ2) is 10.4. The number of esters is 2. The van der Waals surface area contributed by atoms with Gasteiger partial charge in [-0.3, -0.25) is 4.79 Å². The van der Waals surface area contributed by atoms with Crippen LogP contribution in [0.2, 0.25) is 0 Å². The Morgan fingerprint density at radius 1 is 1.15 bits per heavy atom. The maximum absolute atomic E-state index is 12.5. The lowest BCUT2D eigenvalue weighted by molar-refractivity contribution is -0.275. The third kappa shape index (κ3) is 6.02. The van der Waals surface area contributed by atoms with E-state index in [1.54, 1.807) is 24.3 Å². The molecular weight excluding hydrogens is 350 g/mol. The molecule has 7 heteroatoms. The van der Waals surface area contributed by atoms with Crippen molar-refractivity contribution in [1.82, 2.24) is 0 Å². The van der Waals surface area contributed by atoms with Crippen LogP contribution in [0.5, 0.6) is 0 Å². The maximum atomic E-state index is 12.5. The molecule has 7 nitrogen and oxygen atoms in total. The zero-order valence-corrected chi connectivity index (χ0v) is 16.1. The third-order valence-corrected chi connectivity index (χ3v) is 4.85. The number of carbonyl (C=O) groups excluding carboxylic acids is 2. The molecule has 1 aromatic rings. The highest BCUT2D eigenvalue weighted by molar-refractivity contribution is 5.89. The van der Waals surface area contributed by atoms with Crippen LogP contribution in [-0.2, 0) is 23.7 Å². The Morgan fingerprint density at radius 2 is 1.85 bits per heavy atom. The van der Waals surface area contributed by atoms with Gasteiger partial charge in [0.05, 0.1) is 18.3 Å². The van der Waals surface area contributed by atoms with Gasteiger partial charge in [-0.2, -0.15) is 0 Å². The largest absolute Gasteiger partial charge is 0.463 e. The molecule has 1 aliphatic heterocycles. The quantitative estimate of drug-likeness (QED) is 0.546. The van der Waals surface area contributed by atoms with E-state index >= 15 is 0 Å². The molecule has 2 N–H and O–H groups in total. The zero-order chi connectivity index (χ0) is 19.8. The number of benzene rings is 1. The van der Waals surface area contributed by atoms with Gasteiger partial charge in [0.15, 0.2) is 12.4 Å². The van der Waals surface area contributed by atoms with Crippen molar-refractivity contribution < 1.29 is 28.5 Å². The first kappa shape index (κ1) is 21.3. The molecule has 5 atom stereocenters. The Balaban J connectivity index is 2.11. The summed E-state index contributed by atoms with van der Waals surface area (Å²) in [6.45, 7) is 6.34. The Bertz CT molecular complexity index is 608. The van der Waals surface area contributed by atoms with Crippen LogP contribution >= 0.6 is 0 Å². The monoisotopic (exact) mass is 379 g/mol. The van der Waals surface area contributed by atoms with E-state index in [2.05, 4.69) is 0 Å². The molecule has 0 amide bonds. The third-order valence-electron chi connectivity index (χ3n) is 4.85. The molecule has 2 rings (SSSR count). The van der Waals surface area contributed by atoms with Gasteiger partial charge in [-0.25, -0.2) is 4.79 Å². The first-order valence-corrected chi connectivity index (χ1v) is 9.30. The molecule has 2 unspecified atom stereocenters. The van der Waals surface area contributed by atoms with Crippen molar-refractivity contribution in [1.29, 1.82) is 0 Å². The highest BCUT2D eigenvalue weighted by Crippen LogP contribution is 2.34. The average Bonchev–Trinajstić information content (AvgIpc) is 2.66. The normalized spacial score (nSPS) is 27.8. The lowest BCUT2D eigenvalue weighted by Gasteiger charge is -2.43. The van der Waals surface area contributed by atoms with E-state index in [9.17, 15) is 9.59 Å². The predicted octanol–water partition coefficient (Wildman–Crippen LogP) is 2.14. The molecule has 0 radical (unpaired) electrons. The molecule has 0 bridgehead atoms. The maximum Gasteiger partial charge on any atom is 0.338 e. The van der Waals surface area contributed by atoms with Gasteiger partial charge in [0.1, 0.15) is 6.61 Å². The first-order chi connectivity index (χ1) is 12.9. The fourth-order valence-corrected chi connectivity index (χ4v) is 3.00. The number of carbonyl (C=O) groups is 2. The number of rotatable bonds is 8. The predicted molar refractivity (Wildman–Crippen MR) is 98.9 cm³/mol. The Kier molecular flexibility index (Phi) is 8.22. The van der Waals surface area contributed by atoms with Crippen molar-refractivity contribution in [2.24, 2.45) is 17.6 Å². The minimum Gasteiger partial charge on any atom is -0.463 e. The van der Waals surface area contributed by atoms with Crippen LogP contribution in [0.3, 0.4) is 0 Å². The summed E-state index contributed by atoms with van der Waals surface area (Å²) >= 11 is 0. The van der Waals surface area contributed by atoms with E-state index in [4.69, 9.17) is 24.7 Å². The molecule has 1 fully saturated rings. The lowest BCUT2D eigenvalue weighted by Crippen LogP contribution is -2.53. The van der Waals surface area contributed by atoms with Crippen LogP contribution in [0.1, 0.15) is 37.6 Å². The molecule has 0 aliphatic carbocycles. The molecule has 0 aromatic heterocycles. The van der Waals surface area contributed by atoms with E-state index in [1.807, 2.05) is 19.9 Å². The number of hydrogen-bond donors (Lipinski definition) is 1. The molecular formula is C20H29NO6. The Hall–Kier alpha value is -1.96. The molecule has 0 saturated carbocycles. The van der Waals surface area contributed by atoms with E-state index < -0.39 is 18.4 Å². The van der Waals surface area contributed by atoms with Gasteiger partial charge >= 0.3 is 11.9 Å². The molecule has 1 aromatic carbocycles. The Labute approximate surface area is 160 Å². The highest BCUT2D eigenvalue weighted by atomic mass is 16.7. The Morgan fingerprint density at radius 3 is 2.48 bits per heavy atom. The van der Waals surface area contributed by atoms with Gasteiger partial charge in [-0.1, -0.05) is 32.0 Å². The smallest absolute Gasteiger partial charge is 0.338 e. The van der Waals surface area contributed by atoms with E-state index in [1.165, 1.54) is 6.92 Å². The van der Waals surface area contributed by atoms with Crippen LogP contribution in [0.25, 0.3) is 0 Å². The topological polar surface area (TPSA) is 97.1 Å². The van der Waals surface area contributed by atoms with E-state index in [0.717, 1.165) is 0 Å².